The Bertz CT molecular complexity index is 718. The van der Waals surface area contributed by atoms with Crippen molar-refractivity contribution < 1.29 is 9.53 Å². The first kappa shape index (κ1) is 18.2. The van der Waals surface area contributed by atoms with Gasteiger partial charge in [0.1, 0.15) is 5.75 Å². The zero-order chi connectivity index (χ0) is 18.2. The lowest BCUT2D eigenvalue weighted by atomic mass is 9.93. The van der Waals surface area contributed by atoms with Crippen molar-refractivity contribution in [1.82, 2.24) is 4.90 Å². The molecule has 1 amide bonds. The maximum absolute atomic E-state index is 12.6. The van der Waals surface area contributed by atoms with Crippen LogP contribution in [0.2, 0.25) is 0 Å². The van der Waals surface area contributed by atoms with Gasteiger partial charge in [0.05, 0.1) is 13.0 Å². The Morgan fingerprint density at radius 1 is 1.08 bits per heavy atom. The number of hydrogen-bond acceptors (Lipinski definition) is 2. The number of ether oxygens (including phenoxy) is 1. The van der Waals surface area contributed by atoms with Crippen molar-refractivity contribution in [2.75, 3.05) is 19.7 Å². The van der Waals surface area contributed by atoms with Crippen molar-refractivity contribution in [2.45, 2.75) is 25.7 Å². The van der Waals surface area contributed by atoms with Crippen LogP contribution in [0, 0.1) is 5.92 Å². The van der Waals surface area contributed by atoms with Gasteiger partial charge in [-0.2, -0.15) is 0 Å². The molecule has 3 heteroatoms. The lowest BCUT2D eigenvalue weighted by Crippen LogP contribution is -2.39. The summed E-state index contributed by atoms with van der Waals surface area (Å²) in [5, 5.41) is 0. The van der Waals surface area contributed by atoms with Crippen molar-refractivity contribution in [2.24, 2.45) is 5.92 Å². The second-order valence-corrected chi connectivity index (χ2v) is 6.85. The maximum Gasteiger partial charge on any atom is 0.227 e. The molecule has 1 aliphatic rings. The Labute approximate surface area is 156 Å². The fourth-order valence-corrected chi connectivity index (χ4v) is 3.50. The molecule has 136 valence electrons. The van der Waals surface area contributed by atoms with Crippen LogP contribution in [-0.2, 0) is 11.2 Å². The molecule has 0 saturated carbocycles. The monoisotopic (exact) mass is 349 g/mol. The number of carbonyl (C=O) groups is 1. The van der Waals surface area contributed by atoms with Gasteiger partial charge in [-0.25, -0.2) is 0 Å². The number of hydrogen-bond donors (Lipinski definition) is 0. The number of carbonyl (C=O) groups excluding carboxylic acids is 1. The Kier molecular flexibility index (Phi) is 6.48. The molecule has 0 unspecified atom stereocenters. The third kappa shape index (κ3) is 4.98. The highest BCUT2D eigenvalue weighted by molar-refractivity contribution is 5.80. The van der Waals surface area contributed by atoms with Gasteiger partial charge >= 0.3 is 0 Å². The number of amides is 1. The molecular weight excluding hydrogens is 322 g/mol. The van der Waals surface area contributed by atoms with Crippen molar-refractivity contribution in [1.29, 1.82) is 0 Å². The lowest BCUT2D eigenvalue weighted by Gasteiger charge is -2.32. The highest BCUT2D eigenvalue weighted by atomic mass is 16.5. The normalized spacial score (nSPS) is 14.8. The van der Waals surface area contributed by atoms with Gasteiger partial charge in [-0.1, -0.05) is 55.1 Å². The van der Waals surface area contributed by atoms with E-state index in [-0.39, 0.29) is 5.91 Å². The topological polar surface area (TPSA) is 29.5 Å². The van der Waals surface area contributed by atoms with E-state index >= 15 is 0 Å². The first-order valence-corrected chi connectivity index (χ1v) is 9.42. The quantitative estimate of drug-likeness (QED) is 0.732. The fraction of sp³-hybridized carbons (Fsp3) is 0.348. The summed E-state index contributed by atoms with van der Waals surface area (Å²) in [6.45, 7) is 6.28. The molecule has 3 nitrogen and oxygen atoms in total. The van der Waals surface area contributed by atoms with E-state index in [1.165, 1.54) is 0 Å². The molecule has 0 atom stereocenters. The Balaban J connectivity index is 1.41. The summed E-state index contributed by atoms with van der Waals surface area (Å²) in [5.74, 6) is 1.79. The zero-order valence-corrected chi connectivity index (χ0v) is 15.3. The van der Waals surface area contributed by atoms with Crippen LogP contribution in [0.15, 0.2) is 61.2 Å². The number of piperidine rings is 1. The van der Waals surface area contributed by atoms with Crippen LogP contribution in [0.4, 0.5) is 0 Å². The summed E-state index contributed by atoms with van der Waals surface area (Å²) in [7, 11) is 0. The van der Waals surface area contributed by atoms with Crippen LogP contribution >= 0.6 is 0 Å². The van der Waals surface area contributed by atoms with Crippen LogP contribution in [0.5, 0.6) is 5.75 Å². The summed E-state index contributed by atoms with van der Waals surface area (Å²) >= 11 is 0. The molecule has 3 rings (SSSR count). The number of likely N-dealkylation sites (tertiary alicyclic amines) is 1. The first-order valence-electron chi connectivity index (χ1n) is 9.42. The van der Waals surface area contributed by atoms with E-state index in [2.05, 4.69) is 6.58 Å². The average Bonchev–Trinajstić information content (AvgIpc) is 2.70. The number of nitrogens with zero attached hydrogens (tertiary/aromatic N) is 1. The Morgan fingerprint density at radius 3 is 2.50 bits per heavy atom. The van der Waals surface area contributed by atoms with Gasteiger partial charge in [0.25, 0.3) is 0 Å². The third-order valence-electron chi connectivity index (χ3n) is 5.12. The minimum absolute atomic E-state index is 0.221. The van der Waals surface area contributed by atoms with E-state index in [0.717, 1.165) is 55.8 Å². The highest BCUT2D eigenvalue weighted by Gasteiger charge is 2.23. The molecule has 2 aromatic rings. The van der Waals surface area contributed by atoms with Crippen LogP contribution in [0.25, 0.3) is 6.08 Å². The molecule has 0 N–H and O–H groups in total. The van der Waals surface area contributed by atoms with Crippen LogP contribution in [0.3, 0.4) is 0 Å². The largest absolute Gasteiger partial charge is 0.494 e. The molecule has 0 aliphatic carbocycles. The van der Waals surface area contributed by atoms with E-state index in [0.29, 0.717) is 12.3 Å². The Hall–Kier alpha value is -2.55. The van der Waals surface area contributed by atoms with Gasteiger partial charge in [-0.15, -0.1) is 0 Å². The summed E-state index contributed by atoms with van der Waals surface area (Å²) in [5.41, 5.74) is 2.11. The van der Waals surface area contributed by atoms with E-state index in [1.807, 2.05) is 65.6 Å². The average molecular weight is 349 g/mol. The van der Waals surface area contributed by atoms with Gasteiger partial charge in [-0.3, -0.25) is 4.79 Å². The second-order valence-electron chi connectivity index (χ2n) is 6.85. The number of rotatable bonds is 7. The van der Waals surface area contributed by atoms with Crippen molar-refractivity contribution in [3.8, 4) is 5.75 Å². The van der Waals surface area contributed by atoms with Crippen molar-refractivity contribution in [3.63, 3.8) is 0 Å². The predicted octanol–water partition coefficient (Wildman–Crippen LogP) is 4.58. The SMILES string of the molecule is C=Cc1ccccc1CC(=O)N1CCC(CCOc2ccccc2)CC1. The highest BCUT2D eigenvalue weighted by Crippen LogP contribution is 2.22. The van der Waals surface area contributed by atoms with Crippen LogP contribution < -0.4 is 4.74 Å². The van der Waals surface area contributed by atoms with E-state index in [9.17, 15) is 4.79 Å². The maximum atomic E-state index is 12.6. The van der Waals surface area contributed by atoms with Crippen molar-refractivity contribution >= 4 is 12.0 Å². The van der Waals surface area contributed by atoms with Gasteiger partial charge in [0, 0.05) is 13.1 Å². The number of para-hydroxylation sites is 1. The molecular formula is C23H27NO2. The molecule has 2 aromatic carbocycles. The smallest absolute Gasteiger partial charge is 0.227 e. The summed E-state index contributed by atoms with van der Waals surface area (Å²) in [6, 6.07) is 17.9. The van der Waals surface area contributed by atoms with Gasteiger partial charge in [-0.05, 0) is 48.4 Å². The number of benzene rings is 2. The third-order valence-corrected chi connectivity index (χ3v) is 5.12. The minimum atomic E-state index is 0.221. The van der Waals surface area contributed by atoms with Gasteiger partial charge in [0.15, 0.2) is 0 Å². The second kappa shape index (κ2) is 9.23. The van der Waals surface area contributed by atoms with Crippen molar-refractivity contribution in [3.05, 3.63) is 72.3 Å². The van der Waals surface area contributed by atoms with E-state index in [4.69, 9.17) is 4.74 Å². The molecule has 0 bridgehead atoms. The first-order chi connectivity index (χ1) is 12.8. The molecule has 0 radical (unpaired) electrons. The molecule has 0 aromatic heterocycles. The minimum Gasteiger partial charge on any atom is -0.494 e. The summed E-state index contributed by atoms with van der Waals surface area (Å²) < 4.78 is 5.80. The van der Waals surface area contributed by atoms with Crippen LogP contribution in [-0.4, -0.2) is 30.5 Å². The van der Waals surface area contributed by atoms with E-state index in [1.54, 1.807) is 0 Å². The lowest BCUT2D eigenvalue weighted by molar-refractivity contribution is -0.131. The van der Waals surface area contributed by atoms with Gasteiger partial charge in [0.2, 0.25) is 5.91 Å². The zero-order valence-electron chi connectivity index (χ0n) is 15.3. The molecule has 1 heterocycles. The molecule has 26 heavy (non-hydrogen) atoms. The summed E-state index contributed by atoms with van der Waals surface area (Å²) in [6.07, 6.45) is 5.46. The van der Waals surface area contributed by atoms with Crippen LogP contribution in [0.1, 0.15) is 30.4 Å². The Morgan fingerprint density at radius 2 is 1.77 bits per heavy atom. The fourth-order valence-electron chi connectivity index (χ4n) is 3.50. The van der Waals surface area contributed by atoms with E-state index < -0.39 is 0 Å². The molecule has 0 spiro atoms. The van der Waals surface area contributed by atoms with Gasteiger partial charge < -0.3 is 9.64 Å². The predicted molar refractivity (Wildman–Crippen MR) is 106 cm³/mol. The molecule has 1 fully saturated rings. The molecule has 1 aliphatic heterocycles. The summed E-state index contributed by atoms with van der Waals surface area (Å²) in [4.78, 5) is 14.6. The standard InChI is InChI=1S/C23H27NO2/c1-2-20-8-6-7-9-21(20)18-23(25)24-15-12-19(13-16-24)14-17-26-22-10-4-3-5-11-22/h2-11,19H,1,12-18H2. The molecule has 1 saturated heterocycles.